The van der Waals surface area contributed by atoms with E-state index in [1.54, 1.807) is 19.3 Å². The zero-order valence-electron chi connectivity index (χ0n) is 30.9. The molecule has 7 rings (SSSR count). The lowest BCUT2D eigenvalue weighted by molar-refractivity contribution is -0.335. The Balaban J connectivity index is 1.29. The molecular weight excluding hydrogens is 630 g/mol. The minimum atomic E-state index is -1.43. The number of esters is 1. The number of nitrogens with zero attached hydrogens (tertiary/aromatic N) is 2. The number of pyridine rings is 1. The Hall–Kier alpha value is -2.00. The van der Waals surface area contributed by atoms with Crippen LogP contribution in [0.25, 0.3) is 0 Å². The van der Waals surface area contributed by atoms with Gasteiger partial charge in [-0.1, -0.05) is 33.8 Å². The Morgan fingerprint density at radius 2 is 1.96 bits per heavy atom. The Bertz CT molecular complexity index is 1470. The highest BCUT2D eigenvalue weighted by Crippen LogP contribution is 2.67. The lowest BCUT2D eigenvalue weighted by atomic mass is 9.43. The van der Waals surface area contributed by atoms with Gasteiger partial charge in [0.1, 0.15) is 17.8 Å². The molecule has 4 heterocycles. The molecule has 3 saturated heterocycles. The molecule has 0 aromatic carbocycles. The first-order valence-corrected chi connectivity index (χ1v) is 18.0. The first-order chi connectivity index (χ1) is 23.7. The number of carbonyl (C=O) groups excluding carboxylic acids is 1. The van der Waals surface area contributed by atoms with Crippen molar-refractivity contribution in [2.24, 2.45) is 22.7 Å². The van der Waals surface area contributed by atoms with E-state index in [1.165, 1.54) is 0 Å². The van der Waals surface area contributed by atoms with Crippen LogP contribution in [-0.4, -0.2) is 127 Å². The van der Waals surface area contributed by atoms with Crippen molar-refractivity contribution in [2.45, 2.75) is 115 Å². The van der Waals surface area contributed by atoms with Crippen LogP contribution in [0, 0.1) is 29.6 Å². The summed E-state index contributed by atoms with van der Waals surface area (Å²) in [6, 6.07) is 2.94. The van der Waals surface area contributed by atoms with E-state index in [-0.39, 0.29) is 19.1 Å². The molecule has 272 valence electrons. The van der Waals surface area contributed by atoms with Crippen molar-refractivity contribution < 1.29 is 43.8 Å². The molecule has 2 bridgehead atoms. The van der Waals surface area contributed by atoms with E-state index >= 15 is 0 Å². The van der Waals surface area contributed by atoms with Gasteiger partial charge in [-0.3, -0.25) is 9.88 Å². The first kappa shape index (κ1) is 34.1. The summed E-state index contributed by atoms with van der Waals surface area (Å²) in [6.45, 7) is 15.8. The number of likely N-dealkylation sites (N-methyl/N-ethyl adjacent to an activating group) is 1. The van der Waals surface area contributed by atoms with E-state index in [1.807, 2.05) is 40.7 Å². The molecule has 0 radical (unpaired) electrons. The summed E-state index contributed by atoms with van der Waals surface area (Å²) in [6.07, 6.45) is -0.794. The van der Waals surface area contributed by atoms with Crippen LogP contribution in [0.2, 0.25) is 0 Å². The van der Waals surface area contributed by atoms with Gasteiger partial charge in [0.05, 0.1) is 49.4 Å². The van der Waals surface area contributed by atoms with Crippen LogP contribution < -0.4 is 5.32 Å². The predicted molar refractivity (Wildman–Crippen MR) is 178 cm³/mol. The molecule has 12 nitrogen and oxygen atoms in total. The smallest absolute Gasteiger partial charge is 0.337 e. The second kappa shape index (κ2) is 12.6. The van der Waals surface area contributed by atoms with Crippen LogP contribution in [0.1, 0.15) is 71.2 Å². The van der Waals surface area contributed by atoms with E-state index < -0.39 is 76.6 Å². The zero-order valence-corrected chi connectivity index (χ0v) is 29.9. The summed E-state index contributed by atoms with van der Waals surface area (Å²) in [5, 5.41) is 33.7. The van der Waals surface area contributed by atoms with Gasteiger partial charge in [0.25, 0.3) is 0 Å². The number of nitrogens with one attached hydrogen (secondary N) is 1. The second-order valence-corrected chi connectivity index (χ2v) is 16.3. The Labute approximate surface area is 291 Å². The van der Waals surface area contributed by atoms with Gasteiger partial charge in [-0.25, -0.2) is 4.79 Å². The van der Waals surface area contributed by atoms with Crippen molar-refractivity contribution in [3.8, 4) is 0 Å². The molecule has 1 aromatic rings. The summed E-state index contributed by atoms with van der Waals surface area (Å²) in [4.78, 5) is 20.8. The lowest BCUT2D eigenvalue weighted by Crippen LogP contribution is -2.76. The van der Waals surface area contributed by atoms with Crippen LogP contribution >= 0.6 is 0 Å². The van der Waals surface area contributed by atoms with Crippen molar-refractivity contribution in [3.63, 3.8) is 0 Å². The largest absolute Gasteiger partial charge is 0.456 e. The normalized spacial score (nSPS) is 43.1. The van der Waals surface area contributed by atoms with Crippen LogP contribution in [0.4, 0.5) is 0 Å². The summed E-state index contributed by atoms with van der Waals surface area (Å²) in [7, 11) is 1.68. The Morgan fingerprint density at radius 3 is 2.59 bits per heavy atom. The molecule has 3 aliphatic heterocycles. The third-order valence-corrected chi connectivity index (χ3v) is 13.4. The highest BCUT2D eigenvalue weighted by molar-refractivity contribution is 5.76. The highest BCUT2D eigenvalue weighted by atomic mass is 16.7. The number of aromatic nitrogens is 1. The first-order valence-electron chi connectivity index (χ1n) is 18.4. The zero-order chi connectivity index (χ0) is 35.8. The minimum Gasteiger partial charge on any atom is -0.456 e. The van der Waals surface area contributed by atoms with Gasteiger partial charge >= 0.3 is 5.97 Å². The molecule has 3 aliphatic carbocycles. The summed E-state index contributed by atoms with van der Waals surface area (Å²) in [5.74, 6) is -1.58. The summed E-state index contributed by atoms with van der Waals surface area (Å²) < 4.78 is 39.7. The van der Waals surface area contributed by atoms with Crippen LogP contribution in [0.15, 0.2) is 29.5 Å². The Kier molecular flexibility index (Phi) is 8.77. The van der Waals surface area contributed by atoms with Crippen molar-refractivity contribution in [1.29, 1.82) is 1.43 Å². The molecule has 1 aromatic heterocycles. The fraction of sp³-hybridized carbons (Fsp3) is 0.784. The highest BCUT2D eigenvalue weighted by Gasteiger charge is 2.73. The van der Waals surface area contributed by atoms with Gasteiger partial charge in [-0.05, 0) is 62.4 Å². The molecular formula is C37H55N3O9. The number of hydrogen-bond donors (Lipinski definition) is 4. The fourth-order valence-electron chi connectivity index (χ4n) is 10.6. The Morgan fingerprint density at radius 1 is 1.20 bits per heavy atom. The van der Waals surface area contributed by atoms with Gasteiger partial charge in [-0.2, -0.15) is 0 Å². The number of hydrogen-bond acceptors (Lipinski definition) is 12. The van der Waals surface area contributed by atoms with Crippen molar-refractivity contribution >= 4 is 5.97 Å². The monoisotopic (exact) mass is 687 g/mol. The van der Waals surface area contributed by atoms with Crippen LogP contribution in [0.3, 0.4) is 0 Å². The molecule has 6 aliphatic rings. The number of rotatable bonds is 8. The predicted octanol–water partition coefficient (Wildman–Crippen LogP) is 2.04. The average Bonchev–Trinajstić information content (AvgIpc) is 3.49. The maximum Gasteiger partial charge on any atom is 0.337 e. The van der Waals surface area contributed by atoms with Crippen LogP contribution in [0.5, 0.6) is 0 Å². The molecule has 12 heteroatoms. The summed E-state index contributed by atoms with van der Waals surface area (Å²) in [5.41, 5.74) is -0.825. The van der Waals surface area contributed by atoms with E-state index in [2.05, 4.69) is 22.1 Å². The molecule has 12 atom stereocenters. The van der Waals surface area contributed by atoms with Crippen molar-refractivity contribution in [1.82, 2.24) is 15.2 Å². The SMILES string of the molecule is [3H]O[C@H](C(=O)O[C@H]1C[C@@]2(O)[C@@H](C)[C@H]3[C@@](C)(CC[C@H]4OC[C@]43O)[C@@H]3O[C@H](CN4CCOCC4)O[C@@H]3C(=C1C)C2(C)C)[C@@H](NC)c1ccc(C)cn1. The summed E-state index contributed by atoms with van der Waals surface area (Å²) >= 11 is 0. The van der Waals surface area contributed by atoms with Gasteiger partial charge in [0, 0.05) is 49.0 Å². The molecule has 0 amide bonds. The molecule has 5 fully saturated rings. The molecule has 4 N–H and O–H groups in total. The second-order valence-electron chi connectivity index (χ2n) is 16.3. The fourth-order valence-corrected chi connectivity index (χ4v) is 10.6. The third kappa shape index (κ3) is 5.44. The number of ether oxygens (including phenoxy) is 5. The van der Waals surface area contributed by atoms with E-state index in [4.69, 9.17) is 30.2 Å². The average molecular weight is 688 g/mol. The number of morpholine rings is 1. The van der Waals surface area contributed by atoms with Gasteiger partial charge in [-0.15, -0.1) is 0 Å². The molecule has 0 unspecified atom stereocenters. The number of aryl methyl sites for hydroxylation is 1. The van der Waals surface area contributed by atoms with Gasteiger partial charge in [0.15, 0.2) is 12.4 Å². The molecule has 0 spiro atoms. The van der Waals surface area contributed by atoms with E-state index in [9.17, 15) is 15.0 Å². The minimum absolute atomic E-state index is 0.101. The van der Waals surface area contributed by atoms with Gasteiger partial charge < -0.3 is 44.3 Å². The van der Waals surface area contributed by atoms with Crippen molar-refractivity contribution in [3.05, 3.63) is 40.7 Å². The number of aliphatic hydroxyl groups excluding tert-OH is 1. The van der Waals surface area contributed by atoms with E-state index in [0.29, 0.717) is 31.9 Å². The molecule has 49 heavy (non-hydrogen) atoms. The molecule has 2 saturated carbocycles. The number of carbonyl (C=O) groups is 1. The number of fused-ring (bicyclic) bond motifs is 8. The van der Waals surface area contributed by atoms with Gasteiger partial charge in [0.2, 0.25) is 1.43 Å². The topological polar surface area (TPSA) is 152 Å². The third-order valence-electron chi connectivity index (χ3n) is 13.4. The quantitative estimate of drug-likeness (QED) is 0.234. The standard InChI is InChI=1S/C37H55N3O9/c1-20-8-9-23(39-17-20)28(38-7)29(41)33(42)47-24-16-37(44)22(3)31-35(6,11-10-25-36(31,43)19-46-25)32-30(27(21(24)2)34(37,4)5)48-26(49-32)18-40-12-14-45-15-13-40/h8-9,17,22,24-26,28-32,38,41,43-44H,10-16,18-19H2,1-7H3/t22-,24-,25+,26+,28-,29-,30+,31-,32+,35+,36-,37+/m0/s1/i41T. The van der Waals surface area contributed by atoms with Crippen molar-refractivity contribution in [2.75, 3.05) is 46.5 Å². The maximum absolute atomic E-state index is 14.0. The maximum atomic E-state index is 14.0. The number of aliphatic hydroxyl groups is 3. The van der Waals surface area contributed by atoms with Crippen LogP contribution in [-0.2, 0) is 28.5 Å². The van der Waals surface area contributed by atoms with E-state index in [0.717, 1.165) is 36.2 Å². The lowest BCUT2D eigenvalue weighted by Gasteiger charge is -2.68.